The fourth-order valence-electron chi connectivity index (χ4n) is 1.89. The van der Waals surface area contributed by atoms with Crippen LogP contribution in [0.25, 0.3) is 11.2 Å². The van der Waals surface area contributed by atoms with Crippen molar-refractivity contribution in [3.05, 3.63) is 18.3 Å². The van der Waals surface area contributed by atoms with E-state index in [9.17, 15) is 0 Å². The maximum Gasteiger partial charge on any atom is 0.202 e. The van der Waals surface area contributed by atoms with E-state index in [4.69, 9.17) is 10.5 Å². The van der Waals surface area contributed by atoms with Gasteiger partial charge in [-0.25, -0.2) is 9.97 Å². The monoisotopic (exact) mass is 248 g/mol. The number of nitrogens with zero attached hydrogens (tertiary/aromatic N) is 3. The summed E-state index contributed by atoms with van der Waals surface area (Å²) in [6, 6.07) is 3.80. The second kappa shape index (κ2) is 5.82. The van der Waals surface area contributed by atoms with E-state index in [-0.39, 0.29) is 0 Å². The van der Waals surface area contributed by atoms with Gasteiger partial charge < -0.3 is 10.5 Å². The summed E-state index contributed by atoms with van der Waals surface area (Å²) in [7, 11) is 0. The van der Waals surface area contributed by atoms with Crippen LogP contribution in [0, 0.1) is 0 Å². The summed E-state index contributed by atoms with van der Waals surface area (Å²) in [5.74, 6) is 0.536. The molecular formula is C13H20N4O. The van der Waals surface area contributed by atoms with Crippen molar-refractivity contribution in [2.45, 2.75) is 39.3 Å². The van der Waals surface area contributed by atoms with Gasteiger partial charge in [-0.15, -0.1) is 0 Å². The average molecular weight is 248 g/mol. The molecule has 2 heterocycles. The minimum absolute atomic E-state index is 0.297. The van der Waals surface area contributed by atoms with Crippen molar-refractivity contribution in [3.8, 4) is 0 Å². The number of aromatic nitrogens is 3. The summed E-state index contributed by atoms with van der Waals surface area (Å²) in [5.41, 5.74) is 7.61. The van der Waals surface area contributed by atoms with Gasteiger partial charge in [-0.3, -0.25) is 4.57 Å². The predicted octanol–water partition coefficient (Wildman–Crippen LogP) is 2.22. The third-order valence-electron chi connectivity index (χ3n) is 2.76. The molecule has 0 unspecified atom stereocenters. The molecule has 98 valence electrons. The first-order chi connectivity index (χ1) is 8.68. The van der Waals surface area contributed by atoms with Crippen LogP contribution in [-0.4, -0.2) is 27.2 Å². The van der Waals surface area contributed by atoms with Crippen LogP contribution in [0.1, 0.15) is 26.7 Å². The summed E-state index contributed by atoms with van der Waals surface area (Å²) in [4.78, 5) is 8.61. The van der Waals surface area contributed by atoms with E-state index < -0.39 is 0 Å². The van der Waals surface area contributed by atoms with Gasteiger partial charge in [0.1, 0.15) is 5.52 Å². The molecule has 0 saturated carbocycles. The van der Waals surface area contributed by atoms with Gasteiger partial charge in [-0.1, -0.05) is 0 Å². The molecule has 0 aromatic carbocycles. The Balaban J connectivity index is 1.93. The number of hydrogen-bond donors (Lipinski definition) is 1. The number of anilines is 1. The molecule has 5 heteroatoms. The van der Waals surface area contributed by atoms with Crippen molar-refractivity contribution in [1.29, 1.82) is 0 Å². The van der Waals surface area contributed by atoms with Crippen molar-refractivity contribution in [2.24, 2.45) is 0 Å². The van der Waals surface area contributed by atoms with Gasteiger partial charge in [-0.2, -0.15) is 0 Å². The lowest BCUT2D eigenvalue weighted by Gasteiger charge is -2.08. The first-order valence-corrected chi connectivity index (χ1v) is 6.37. The van der Waals surface area contributed by atoms with E-state index in [1.54, 1.807) is 6.20 Å². The molecule has 2 aromatic heterocycles. The lowest BCUT2D eigenvalue weighted by Crippen LogP contribution is -2.07. The van der Waals surface area contributed by atoms with Crippen LogP contribution in [0.5, 0.6) is 0 Å². The molecule has 0 fully saturated rings. The summed E-state index contributed by atoms with van der Waals surface area (Å²) in [6.07, 6.45) is 4.09. The number of unbranched alkanes of at least 4 members (excludes halogenated alkanes) is 1. The average Bonchev–Trinajstić information content (AvgIpc) is 2.65. The standard InChI is InChI=1S/C13H20N4O/c1-10(2)18-9-4-3-8-17-12-11(16-13(17)14)6-5-7-15-12/h5-7,10H,3-4,8-9H2,1-2H3,(H2,14,16). The number of nitrogens with two attached hydrogens (primary N) is 1. The van der Waals surface area contributed by atoms with E-state index in [1.165, 1.54) is 0 Å². The number of imidazole rings is 1. The molecule has 0 aliphatic carbocycles. The zero-order valence-electron chi connectivity index (χ0n) is 11.0. The maximum absolute atomic E-state index is 5.90. The predicted molar refractivity (Wildman–Crippen MR) is 72.3 cm³/mol. The molecular weight excluding hydrogens is 228 g/mol. The highest BCUT2D eigenvalue weighted by atomic mass is 16.5. The van der Waals surface area contributed by atoms with E-state index in [0.717, 1.165) is 37.2 Å². The lowest BCUT2D eigenvalue weighted by molar-refractivity contribution is 0.0755. The highest BCUT2D eigenvalue weighted by Crippen LogP contribution is 2.15. The number of pyridine rings is 1. The smallest absolute Gasteiger partial charge is 0.202 e. The summed E-state index contributed by atoms with van der Waals surface area (Å²) >= 11 is 0. The highest BCUT2D eigenvalue weighted by molar-refractivity contribution is 5.73. The van der Waals surface area contributed by atoms with Crippen molar-refractivity contribution in [1.82, 2.24) is 14.5 Å². The van der Waals surface area contributed by atoms with Crippen molar-refractivity contribution < 1.29 is 4.74 Å². The first-order valence-electron chi connectivity index (χ1n) is 6.37. The quantitative estimate of drug-likeness (QED) is 0.796. The van der Waals surface area contributed by atoms with Crippen LogP contribution in [-0.2, 0) is 11.3 Å². The normalized spacial score (nSPS) is 11.5. The second-order valence-corrected chi connectivity index (χ2v) is 4.59. The number of rotatable bonds is 6. The maximum atomic E-state index is 5.90. The number of nitrogen functional groups attached to an aromatic ring is 1. The molecule has 0 amide bonds. The third-order valence-corrected chi connectivity index (χ3v) is 2.76. The van der Waals surface area contributed by atoms with Crippen molar-refractivity contribution >= 4 is 17.1 Å². The third kappa shape index (κ3) is 2.98. The van der Waals surface area contributed by atoms with Crippen molar-refractivity contribution in [3.63, 3.8) is 0 Å². The molecule has 18 heavy (non-hydrogen) atoms. The van der Waals surface area contributed by atoms with E-state index in [0.29, 0.717) is 12.1 Å². The first kappa shape index (κ1) is 12.8. The number of hydrogen-bond acceptors (Lipinski definition) is 4. The molecule has 0 saturated heterocycles. The Kier molecular flexibility index (Phi) is 4.15. The Hall–Kier alpha value is -1.62. The second-order valence-electron chi connectivity index (χ2n) is 4.59. The van der Waals surface area contributed by atoms with Gasteiger partial charge in [0.15, 0.2) is 5.65 Å². The molecule has 0 spiro atoms. The molecule has 0 aliphatic rings. The molecule has 2 rings (SSSR count). The highest BCUT2D eigenvalue weighted by Gasteiger charge is 2.07. The van der Waals surface area contributed by atoms with Gasteiger partial charge >= 0.3 is 0 Å². The van der Waals surface area contributed by atoms with Crippen LogP contribution in [0.2, 0.25) is 0 Å². The number of aryl methyl sites for hydroxylation is 1. The summed E-state index contributed by atoms with van der Waals surface area (Å²) in [6.45, 7) is 5.72. The molecule has 2 N–H and O–H groups in total. The zero-order valence-corrected chi connectivity index (χ0v) is 11.0. The Morgan fingerprint density at radius 2 is 2.22 bits per heavy atom. The Morgan fingerprint density at radius 3 is 3.00 bits per heavy atom. The molecule has 5 nitrogen and oxygen atoms in total. The topological polar surface area (TPSA) is 66.0 Å². The fraction of sp³-hybridized carbons (Fsp3) is 0.538. The van der Waals surface area contributed by atoms with E-state index >= 15 is 0 Å². The molecule has 2 aromatic rings. The SMILES string of the molecule is CC(C)OCCCCn1c(N)nc2cccnc21. The summed E-state index contributed by atoms with van der Waals surface area (Å²) in [5, 5.41) is 0. The van der Waals surface area contributed by atoms with Crippen LogP contribution < -0.4 is 5.73 Å². The largest absolute Gasteiger partial charge is 0.379 e. The molecule has 0 atom stereocenters. The van der Waals surface area contributed by atoms with Crippen LogP contribution >= 0.6 is 0 Å². The molecule has 0 bridgehead atoms. The van der Waals surface area contributed by atoms with Gasteiger partial charge in [0.2, 0.25) is 5.95 Å². The molecule has 0 aliphatic heterocycles. The van der Waals surface area contributed by atoms with Crippen LogP contribution in [0.3, 0.4) is 0 Å². The van der Waals surface area contributed by atoms with Gasteiger partial charge in [-0.05, 0) is 38.8 Å². The Labute approximate surface area is 107 Å². The fourth-order valence-corrected chi connectivity index (χ4v) is 1.89. The Bertz CT molecular complexity index is 507. The van der Waals surface area contributed by atoms with Crippen LogP contribution in [0.15, 0.2) is 18.3 Å². The number of fused-ring (bicyclic) bond motifs is 1. The van der Waals surface area contributed by atoms with Crippen LogP contribution in [0.4, 0.5) is 5.95 Å². The van der Waals surface area contributed by atoms with Gasteiger partial charge in [0.25, 0.3) is 0 Å². The van der Waals surface area contributed by atoms with Crippen molar-refractivity contribution in [2.75, 3.05) is 12.3 Å². The summed E-state index contributed by atoms with van der Waals surface area (Å²) < 4.78 is 7.47. The van der Waals surface area contributed by atoms with Gasteiger partial charge in [0.05, 0.1) is 6.10 Å². The minimum atomic E-state index is 0.297. The number of ether oxygens (including phenoxy) is 1. The zero-order chi connectivity index (χ0) is 13.0. The van der Waals surface area contributed by atoms with E-state index in [1.807, 2.05) is 30.5 Å². The lowest BCUT2D eigenvalue weighted by atomic mass is 10.3. The minimum Gasteiger partial charge on any atom is -0.379 e. The van der Waals surface area contributed by atoms with Gasteiger partial charge in [0, 0.05) is 19.3 Å². The Morgan fingerprint density at radius 1 is 1.39 bits per heavy atom. The van der Waals surface area contributed by atoms with E-state index in [2.05, 4.69) is 9.97 Å². The molecule has 0 radical (unpaired) electrons.